The number of nitrogens with zero attached hydrogens (tertiary/aromatic N) is 3. The Labute approximate surface area is 112 Å². The number of hydrogen-bond acceptors (Lipinski definition) is 3. The number of anilines is 1. The monoisotopic (exact) mass is 252 g/mol. The van der Waals surface area contributed by atoms with Gasteiger partial charge >= 0.3 is 0 Å². The van der Waals surface area contributed by atoms with E-state index in [0.717, 1.165) is 17.2 Å². The van der Waals surface area contributed by atoms with Gasteiger partial charge in [-0.05, 0) is 37.8 Å². The summed E-state index contributed by atoms with van der Waals surface area (Å²) >= 11 is 0. The Balaban J connectivity index is 1.98. The second-order valence-electron chi connectivity index (χ2n) is 5.18. The molecule has 1 unspecified atom stereocenters. The van der Waals surface area contributed by atoms with Gasteiger partial charge in [0, 0.05) is 11.8 Å². The number of benzene rings is 1. The van der Waals surface area contributed by atoms with Crippen molar-refractivity contribution in [2.75, 3.05) is 5.73 Å². The Morgan fingerprint density at radius 1 is 1.47 bits per heavy atom. The van der Waals surface area contributed by atoms with Crippen molar-refractivity contribution >= 4 is 5.69 Å². The van der Waals surface area contributed by atoms with E-state index < -0.39 is 0 Å². The lowest BCUT2D eigenvalue weighted by Gasteiger charge is -2.09. The maximum atomic E-state index is 8.95. The molecule has 4 heteroatoms. The first-order chi connectivity index (χ1) is 9.19. The van der Waals surface area contributed by atoms with Crippen molar-refractivity contribution < 1.29 is 0 Å². The highest BCUT2D eigenvalue weighted by atomic mass is 15.3. The molecule has 1 aromatic carbocycles. The Morgan fingerprint density at radius 3 is 2.95 bits per heavy atom. The summed E-state index contributed by atoms with van der Waals surface area (Å²) in [6.45, 7) is 2.18. The standard InChI is InChI=1S/C15H16N4/c1-10(12-5-6-12)19-9-14(17)15(18-19)13-4-2-3-11(7-13)8-16/h2-4,7,9-10,12H,5-6,17H2,1H3. The van der Waals surface area contributed by atoms with E-state index >= 15 is 0 Å². The lowest BCUT2D eigenvalue weighted by atomic mass is 10.1. The molecule has 96 valence electrons. The van der Waals surface area contributed by atoms with Gasteiger partial charge in [-0.25, -0.2) is 0 Å². The summed E-state index contributed by atoms with van der Waals surface area (Å²) in [7, 11) is 0. The van der Waals surface area contributed by atoms with Crippen LogP contribution in [-0.2, 0) is 0 Å². The van der Waals surface area contributed by atoms with Crippen LogP contribution in [0.3, 0.4) is 0 Å². The summed E-state index contributed by atoms with van der Waals surface area (Å²) in [5.74, 6) is 0.734. The van der Waals surface area contributed by atoms with Crippen molar-refractivity contribution in [1.82, 2.24) is 9.78 Å². The number of nitrogen functional groups attached to an aromatic ring is 1. The minimum absolute atomic E-state index is 0.398. The predicted octanol–water partition coefficient (Wildman–Crippen LogP) is 2.97. The maximum absolute atomic E-state index is 8.95. The average molecular weight is 252 g/mol. The molecule has 1 aliphatic rings. The van der Waals surface area contributed by atoms with Crippen LogP contribution in [0, 0.1) is 17.2 Å². The minimum atomic E-state index is 0.398. The van der Waals surface area contributed by atoms with Crippen molar-refractivity contribution in [3.05, 3.63) is 36.0 Å². The van der Waals surface area contributed by atoms with Crippen LogP contribution in [-0.4, -0.2) is 9.78 Å². The van der Waals surface area contributed by atoms with Crippen molar-refractivity contribution in [2.24, 2.45) is 5.92 Å². The smallest absolute Gasteiger partial charge is 0.115 e. The van der Waals surface area contributed by atoms with Crippen LogP contribution in [0.1, 0.15) is 31.4 Å². The minimum Gasteiger partial charge on any atom is -0.396 e. The molecule has 0 amide bonds. The zero-order valence-corrected chi connectivity index (χ0v) is 10.9. The van der Waals surface area contributed by atoms with Crippen molar-refractivity contribution in [1.29, 1.82) is 5.26 Å². The zero-order valence-electron chi connectivity index (χ0n) is 10.9. The number of hydrogen-bond donors (Lipinski definition) is 1. The Hall–Kier alpha value is -2.28. The van der Waals surface area contributed by atoms with Gasteiger partial charge < -0.3 is 5.73 Å². The molecule has 19 heavy (non-hydrogen) atoms. The van der Waals surface area contributed by atoms with Crippen LogP contribution in [0.25, 0.3) is 11.3 Å². The van der Waals surface area contributed by atoms with E-state index in [1.54, 1.807) is 6.07 Å². The molecular weight excluding hydrogens is 236 g/mol. The van der Waals surface area contributed by atoms with Crippen LogP contribution in [0.5, 0.6) is 0 Å². The van der Waals surface area contributed by atoms with Crippen molar-refractivity contribution in [3.8, 4) is 17.3 Å². The van der Waals surface area contributed by atoms with E-state index in [-0.39, 0.29) is 0 Å². The summed E-state index contributed by atoms with van der Waals surface area (Å²) in [6, 6.07) is 9.94. The van der Waals surface area contributed by atoms with Crippen LogP contribution < -0.4 is 5.73 Å². The third-order valence-corrected chi connectivity index (χ3v) is 3.75. The fourth-order valence-corrected chi connectivity index (χ4v) is 2.37. The SMILES string of the molecule is CC(C1CC1)n1cc(N)c(-c2cccc(C#N)c2)n1. The molecule has 1 aliphatic carbocycles. The third kappa shape index (κ3) is 2.19. The fraction of sp³-hybridized carbons (Fsp3) is 0.333. The average Bonchev–Trinajstić information content (AvgIpc) is 3.21. The van der Waals surface area contributed by atoms with Gasteiger partial charge in [0.1, 0.15) is 5.69 Å². The van der Waals surface area contributed by atoms with Gasteiger partial charge in [-0.2, -0.15) is 10.4 Å². The largest absolute Gasteiger partial charge is 0.396 e. The van der Waals surface area contributed by atoms with Crippen molar-refractivity contribution in [3.63, 3.8) is 0 Å². The number of rotatable bonds is 3. The molecule has 2 N–H and O–H groups in total. The molecule has 2 aromatic rings. The molecule has 1 atom stereocenters. The molecule has 3 rings (SSSR count). The number of nitrogens with two attached hydrogens (primary N) is 1. The topological polar surface area (TPSA) is 67.6 Å². The van der Waals surface area contributed by atoms with Crippen LogP contribution in [0.2, 0.25) is 0 Å². The number of nitriles is 1. The Morgan fingerprint density at radius 2 is 2.26 bits per heavy atom. The lowest BCUT2D eigenvalue weighted by Crippen LogP contribution is -2.07. The van der Waals surface area contributed by atoms with E-state index in [1.807, 2.05) is 29.1 Å². The first kappa shape index (κ1) is 11.8. The molecular formula is C15H16N4. The van der Waals surface area contributed by atoms with E-state index in [0.29, 0.717) is 17.3 Å². The quantitative estimate of drug-likeness (QED) is 0.913. The Kier molecular flexibility index (Phi) is 2.75. The predicted molar refractivity (Wildman–Crippen MR) is 74.2 cm³/mol. The second-order valence-corrected chi connectivity index (χ2v) is 5.18. The molecule has 1 saturated carbocycles. The summed E-state index contributed by atoms with van der Waals surface area (Å²) in [5, 5.41) is 13.5. The van der Waals surface area contributed by atoms with Crippen LogP contribution in [0.15, 0.2) is 30.5 Å². The summed E-state index contributed by atoms with van der Waals surface area (Å²) in [5.41, 5.74) is 9.02. The van der Waals surface area contributed by atoms with Gasteiger partial charge in [0.25, 0.3) is 0 Å². The number of aromatic nitrogens is 2. The molecule has 0 spiro atoms. The highest BCUT2D eigenvalue weighted by Gasteiger charge is 2.30. The van der Waals surface area contributed by atoms with Gasteiger partial charge in [0.05, 0.1) is 23.4 Å². The highest BCUT2D eigenvalue weighted by Crippen LogP contribution is 2.40. The molecule has 0 bridgehead atoms. The molecule has 0 radical (unpaired) electrons. The van der Waals surface area contributed by atoms with Gasteiger partial charge in [-0.1, -0.05) is 12.1 Å². The van der Waals surface area contributed by atoms with E-state index in [4.69, 9.17) is 11.0 Å². The first-order valence-corrected chi connectivity index (χ1v) is 6.54. The van der Waals surface area contributed by atoms with Crippen molar-refractivity contribution in [2.45, 2.75) is 25.8 Å². The molecule has 1 fully saturated rings. The van der Waals surface area contributed by atoms with Gasteiger partial charge in [-0.15, -0.1) is 0 Å². The molecule has 1 aromatic heterocycles. The maximum Gasteiger partial charge on any atom is 0.115 e. The van der Waals surface area contributed by atoms with E-state index in [1.165, 1.54) is 12.8 Å². The lowest BCUT2D eigenvalue weighted by molar-refractivity contribution is 0.441. The Bertz CT molecular complexity index is 646. The van der Waals surface area contributed by atoms with Gasteiger partial charge in [0.15, 0.2) is 0 Å². The summed E-state index contributed by atoms with van der Waals surface area (Å²) in [4.78, 5) is 0. The molecule has 4 nitrogen and oxygen atoms in total. The highest BCUT2D eigenvalue weighted by molar-refractivity contribution is 5.72. The summed E-state index contributed by atoms with van der Waals surface area (Å²) in [6.07, 6.45) is 4.46. The van der Waals surface area contributed by atoms with Gasteiger partial charge in [0.2, 0.25) is 0 Å². The normalized spacial score (nSPS) is 16.0. The van der Waals surface area contributed by atoms with E-state index in [2.05, 4.69) is 18.1 Å². The summed E-state index contributed by atoms with van der Waals surface area (Å²) < 4.78 is 1.96. The van der Waals surface area contributed by atoms with Gasteiger partial charge in [-0.3, -0.25) is 4.68 Å². The molecule has 1 heterocycles. The third-order valence-electron chi connectivity index (χ3n) is 3.75. The second kappa shape index (κ2) is 4.43. The molecule has 0 saturated heterocycles. The first-order valence-electron chi connectivity index (χ1n) is 6.54. The van der Waals surface area contributed by atoms with E-state index in [9.17, 15) is 0 Å². The van der Waals surface area contributed by atoms with Crippen LogP contribution in [0.4, 0.5) is 5.69 Å². The fourth-order valence-electron chi connectivity index (χ4n) is 2.37. The molecule has 0 aliphatic heterocycles. The zero-order chi connectivity index (χ0) is 13.4. The van der Waals surface area contributed by atoms with Crippen LogP contribution >= 0.6 is 0 Å².